The van der Waals surface area contributed by atoms with Gasteiger partial charge in [0.1, 0.15) is 0 Å². The molecular weight excluding hydrogens is 246 g/mol. The van der Waals surface area contributed by atoms with Gasteiger partial charge in [0, 0.05) is 18.8 Å². The van der Waals surface area contributed by atoms with Gasteiger partial charge in [-0.05, 0) is 24.3 Å². The van der Waals surface area contributed by atoms with Gasteiger partial charge in [0.05, 0.1) is 24.6 Å². The molecule has 19 heavy (non-hydrogen) atoms. The average Bonchev–Trinajstić information content (AvgIpc) is 2.87. The van der Waals surface area contributed by atoms with E-state index in [1.807, 2.05) is 0 Å². The van der Waals surface area contributed by atoms with Gasteiger partial charge in [0.15, 0.2) is 0 Å². The zero-order chi connectivity index (χ0) is 13.8. The molecule has 2 aromatic rings. The van der Waals surface area contributed by atoms with Crippen LogP contribution in [0.4, 0.5) is 5.69 Å². The Balaban J connectivity index is 2.20. The van der Waals surface area contributed by atoms with Crippen LogP contribution >= 0.6 is 0 Å². The number of aromatic nitrogens is 2. The maximum absolute atomic E-state index is 11.3. The monoisotopic (exact) mass is 259 g/mol. The van der Waals surface area contributed by atoms with E-state index in [0.717, 1.165) is 5.69 Å². The van der Waals surface area contributed by atoms with E-state index in [2.05, 4.69) is 15.2 Å². The van der Waals surface area contributed by atoms with Crippen molar-refractivity contribution in [1.29, 1.82) is 0 Å². The molecule has 98 valence electrons. The number of esters is 1. The van der Waals surface area contributed by atoms with E-state index in [4.69, 9.17) is 0 Å². The van der Waals surface area contributed by atoms with Crippen LogP contribution in [0.5, 0.6) is 0 Å². The number of methoxy groups -OCH3 is 1. The Morgan fingerprint density at radius 1 is 1.26 bits per heavy atom. The van der Waals surface area contributed by atoms with Gasteiger partial charge in [-0.25, -0.2) is 9.48 Å². The summed E-state index contributed by atoms with van der Waals surface area (Å²) < 4.78 is 6.17. The molecule has 0 radical (unpaired) electrons. The molecule has 1 amide bonds. The van der Waals surface area contributed by atoms with Crippen molar-refractivity contribution in [2.24, 2.45) is 0 Å². The lowest BCUT2D eigenvalue weighted by Gasteiger charge is -2.04. The van der Waals surface area contributed by atoms with Crippen LogP contribution in [0.15, 0.2) is 36.7 Å². The first-order valence-corrected chi connectivity index (χ1v) is 5.61. The first-order valence-electron chi connectivity index (χ1n) is 5.61. The SMILES string of the molecule is COC(=O)c1cnn(-c2ccc(NC(C)=O)cc2)c1. The summed E-state index contributed by atoms with van der Waals surface area (Å²) in [6, 6.07) is 7.10. The maximum atomic E-state index is 11.3. The van der Waals surface area contributed by atoms with Gasteiger partial charge in [0.2, 0.25) is 5.91 Å². The summed E-state index contributed by atoms with van der Waals surface area (Å²) in [5, 5.41) is 6.75. The summed E-state index contributed by atoms with van der Waals surface area (Å²) in [7, 11) is 1.32. The largest absolute Gasteiger partial charge is 0.465 e. The number of carbonyl (C=O) groups excluding carboxylic acids is 2. The van der Waals surface area contributed by atoms with Crippen molar-refractivity contribution in [3.05, 3.63) is 42.2 Å². The third kappa shape index (κ3) is 2.98. The number of hydrogen-bond donors (Lipinski definition) is 1. The van der Waals surface area contributed by atoms with E-state index >= 15 is 0 Å². The van der Waals surface area contributed by atoms with Crippen LogP contribution in [0.1, 0.15) is 17.3 Å². The Labute approximate surface area is 110 Å². The Morgan fingerprint density at radius 3 is 2.53 bits per heavy atom. The van der Waals surface area contributed by atoms with Crippen LogP contribution in [-0.4, -0.2) is 28.8 Å². The van der Waals surface area contributed by atoms with Gasteiger partial charge in [-0.2, -0.15) is 5.10 Å². The molecule has 1 aromatic heterocycles. The number of ether oxygens (including phenoxy) is 1. The van der Waals surface area contributed by atoms with Gasteiger partial charge in [0.25, 0.3) is 0 Å². The third-order valence-electron chi connectivity index (χ3n) is 2.46. The number of anilines is 1. The van der Waals surface area contributed by atoms with Crippen molar-refractivity contribution in [3.8, 4) is 5.69 Å². The number of nitrogens with one attached hydrogen (secondary N) is 1. The average molecular weight is 259 g/mol. The summed E-state index contributed by atoms with van der Waals surface area (Å²) in [5.74, 6) is -0.555. The van der Waals surface area contributed by atoms with Crippen molar-refractivity contribution in [2.45, 2.75) is 6.92 Å². The fourth-order valence-electron chi connectivity index (χ4n) is 1.59. The van der Waals surface area contributed by atoms with E-state index in [9.17, 15) is 9.59 Å². The quantitative estimate of drug-likeness (QED) is 0.850. The molecule has 0 saturated heterocycles. The summed E-state index contributed by atoms with van der Waals surface area (Å²) in [6.45, 7) is 1.45. The second kappa shape index (κ2) is 5.34. The Morgan fingerprint density at radius 2 is 1.95 bits per heavy atom. The van der Waals surface area contributed by atoms with Crippen LogP contribution in [0, 0.1) is 0 Å². The van der Waals surface area contributed by atoms with E-state index in [0.29, 0.717) is 11.3 Å². The second-order valence-corrected chi connectivity index (χ2v) is 3.89. The summed E-state index contributed by atoms with van der Waals surface area (Å²) in [6.07, 6.45) is 3.02. The molecular formula is C13H13N3O3. The summed E-state index contributed by atoms with van der Waals surface area (Å²) >= 11 is 0. The zero-order valence-corrected chi connectivity index (χ0v) is 10.6. The Hall–Kier alpha value is -2.63. The lowest BCUT2D eigenvalue weighted by Crippen LogP contribution is -2.05. The number of hydrogen-bond acceptors (Lipinski definition) is 4. The molecule has 6 heteroatoms. The van der Waals surface area contributed by atoms with Crippen LogP contribution < -0.4 is 5.32 Å². The number of benzene rings is 1. The first kappa shape index (κ1) is 12.8. The van der Waals surface area contributed by atoms with Crippen LogP contribution in [0.25, 0.3) is 5.69 Å². The van der Waals surface area contributed by atoms with E-state index in [1.54, 1.807) is 35.1 Å². The number of amides is 1. The molecule has 1 aromatic carbocycles. The molecule has 0 aliphatic carbocycles. The minimum absolute atomic E-state index is 0.125. The van der Waals surface area contributed by atoms with E-state index < -0.39 is 5.97 Å². The lowest BCUT2D eigenvalue weighted by molar-refractivity contribution is -0.114. The second-order valence-electron chi connectivity index (χ2n) is 3.89. The maximum Gasteiger partial charge on any atom is 0.341 e. The minimum Gasteiger partial charge on any atom is -0.465 e. The van der Waals surface area contributed by atoms with Gasteiger partial charge in [-0.3, -0.25) is 4.79 Å². The summed E-state index contributed by atoms with van der Waals surface area (Å²) in [5.41, 5.74) is 1.87. The normalized spacial score (nSPS) is 10.0. The topological polar surface area (TPSA) is 73.2 Å². The predicted molar refractivity (Wildman–Crippen MR) is 69.2 cm³/mol. The molecule has 0 spiro atoms. The molecule has 1 N–H and O–H groups in total. The highest BCUT2D eigenvalue weighted by molar-refractivity contribution is 5.89. The standard InChI is InChI=1S/C13H13N3O3/c1-9(17)15-11-3-5-12(6-4-11)16-8-10(7-14-16)13(18)19-2/h3-8H,1-2H3,(H,15,17). The predicted octanol–water partition coefficient (Wildman–Crippen LogP) is 1.62. The van der Waals surface area contributed by atoms with Gasteiger partial charge in [-0.1, -0.05) is 0 Å². The van der Waals surface area contributed by atoms with Crippen LogP contribution in [0.3, 0.4) is 0 Å². The Bertz CT molecular complexity index is 602. The minimum atomic E-state index is -0.430. The van der Waals surface area contributed by atoms with Gasteiger partial charge < -0.3 is 10.1 Å². The van der Waals surface area contributed by atoms with Crippen LogP contribution in [0.2, 0.25) is 0 Å². The highest BCUT2D eigenvalue weighted by atomic mass is 16.5. The molecule has 0 aliphatic heterocycles. The van der Waals surface area contributed by atoms with Gasteiger partial charge >= 0.3 is 5.97 Å². The number of nitrogens with zero attached hydrogens (tertiary/aromatic N) is 2. The molecule has 0 fully saturated rings. The highest BCUT2D eigenvalue weighted by Gasteiger charge is 2.09. The molecule has 0 atom stereocenters. The zero-order valence-electron chi connectivity index (χ0n) is 10.6. The fraction of sp³-hybridized carbons (Fsp3) is 0.154. The fourth-order valence-corrected chi connectivity index (χ4v) is 1.59. The van der Waals surface area contributed by atoms with Crippen molar-refractivity contribution < 1.29 is 14.3 Å². The lowest BCUT2D eigenvalue weighted by atomic mass is 10.3. The summed E-state index contributed by atoms with van der Waals surface area (Å²) in [4.78, 5) is 22.2. The van der Waals surface area contributed by atoms with Crippen molar-refractivity contribution in [1.82, 2.24) is 9.78 Å². The van der Waals surface area contributed by atoms with Crippen molar-refractivity contribution in [2.75, 3.05) is 12.4 Å². The van der Waals surface area contributed by atoms with Crippen LogP contribution in [-0.2, 0) is 9.53 Å². The highest BCUT2D eigenvalue weighted by Crippen LogP contribution is 2.13. The van der Waals surface area contributed by atoms with E-state index in [-0.39, 0.29) is 5.91 Å². The van der Waals surface area contributed by atoms with Crippen molar-refractivity contribution >= 4 is 17.6 Å². The molecule has 0 saturated carbocycles. The number of rotatable bonds is 3. The Kier molecular flexibility index (Phi) is 3.61. The first-order chi connectivity index (χ1) is 9.10. The van der Waals surface area contributed by atoms with E-state index in [1.165, 1.54) is 20.2 Å². The molecule has 0 bridgehead atoms. The van der Waals surface area contributed by atoms with Crippen molar-refractivity contribution in [3.63, 3.8) is 0 Å². The van der Waals surface area contributed by atoms with Gasteiger partial charge in [-0.15, -0.1) is 0 Å². The third-order valence-corrected chi connectivity index (χ3v) is 2.46. The molecule has 0 aliphatic rings. The smallest absolute Gasteiger partial charge is 0.341 e. The number of carbonyl (C=O) groups is 2. The molecule has 1 heterocycles. The molecule has 2 rings (SSSR count). The molecule has 6 nitrogen and oxygen atoms in total. The molecule has 0 unspecified atom stereocenters.